The quantitative estimate of drug-likeness (QED) is 0.350. The standard InChI is InChI=1S/C27H26N4O4S/c1-33-19-9-6-8-17(12-19)23-20(14-29)25(30)35-22(24(23)27(32)34-2)15-36-26-18(13-28)11-16-7-4-3-5-10-21(16)31-26/h6,8-9,11-12,23H,3-5,7,10,15,30H2,1-2H3/t23-/m0/s1. The van der Waals surface area contributed by atoms with Gasteiger partial charge in [-0.3, -0.25) is 0 Å². The first kappa shape index (κ1) is 25.2. The Labute approximate surface area is 214 Å². The number of aromatic nitrogens is 1. The summed E-state index contributed by atoms with van der Waals surface area (Å²) in [4.78, 5) is 17.8. The number of carbonyl (C=O) groups is 1. The average Bonchev–Trinajstić information content (AvgIpc) is 3.15. The average molecular weight is 503 g/mol. The van der Waals surface area contributed by atoms with Crippen LogP contribution in [0.25, 0.3) is 0 Å². The van der Waals surface area contributed by atoms with Gasteiger partial charge in [-0.2, -0.15) is 10.5 Å². The molecule has 0 amide bonds. The van der Waals surface area contributed by atoms with Crippen LogP contribution < -0.4 is 10.5 Å². The van der Waals surface area contributed by atoms with E-state index in [4.69, 9.17) is 24.9 Å². The number of methoxy groups -OCH3 is 2. The largest absolute Gasteiger partial charge is 0.497 e. The molecule has 1 aromatic carbocycles. The van der Waals surface area contributed by atoms with Gasteiger partial charge in [-0.1, -0.05) is 30.3 Å². The molecule has 2 heterocycles. The first-order valence-electron chi connectivity index (χ1n) is 11.6. The topological polar surface area (TPSA) is 131 Å². The minimum atomic E-state index is -0.794. The number of pyridine rings is 1. The molecule has 2 N–H and O–H groups in total. The van der Waals surface area contributed by atoms with Gasteiger partial charge in [-0.25, -0.2) is 9.78 Å². The van der Waals surface area contributed by atoms with Crippen LogP contribution in [0.2, 0.25) is 0 Å². The summed E-state index contributed by atoms with van der Waals surface area (Å²) in [5, 5.41) is 20.2. The molecule has 0 saturated heterocycles. The number of allylic oxidation sites excluding steroid dienone is 1. The fraction of sp³-hybridized carbons (Fsp3) is 0.333. The predicted molar refractivity (Wildman–Crippen MR) is 134 cm³/mol. The molecule has 184 valence electrons. The van der Waals surface area contributed by atoms with Crippen molar-refractivity contribution in [2.75, 3.05) is 20.0 Å². The summed E-state index contributed by atoms with van der Waals surface area (Å²) in [6.45, 7) is 0. The van der Waals surface area contributed by atoms with E-state index in [1.165, 1.54) is 26.0 Å². The van der Waals surface area contributed by atoms with Crippen molar-refractivity contribution in [3.63, 3.8) is 0 Å². The third-order valence-corrected chi connectivity index (χ3v) is 7.30. The Morgan fingerprint density at radius 2 is 2.00 bits per heavy atom. The Hall–Kier alpha value is -3.95. The Morgan fingerprint density at radius 3 is 2.72 bits per heavy atom. The third-order valence-electron chi connectivity index (χ3n) is 6.31. The first-order valence-corrected chi connectivity index (χ1v) is 12.6. The van der Waals surface area contributed by atoms with Gasteiger partial charge in [-0.05, 0) is 55.0 Å². The van der Waals surface area contributed by atoms with Crippen molar-refractivity contribution in [2.45, 2.75) is 43.0 Å². The number of fused-ring (bicyclic) bond motifs is 1. The van der Waals surface area contributed by atoms with Crippen LogP contribution in [0, 0.1) is 22.7 Å². The molecule has 0 spiro atoms. The molecule has 36 heavy (non-hydrogen) atoms. The molecule has 2 aromatic rings. The maximum Gasteiger partial charge on any atom is 0.338 e. The highest BCUT2D eigenvalue weighted by molar-refractivity contribution is 7.99. The number of ether oxygens (including phenoxy) is 3. The molecule has 0 saturated carbocycles. The number of hydrogen-bond donors (Lipinski definition) is 1. The Bertz CT molecular complexity index is 1340. The van der Waals surface area contributed by atoms with E-state index in [2.05, 4.69) is 12.1 Å². The van der Waals surface area contributed by atoms with Crippen LogP contribution >= 0.6 is 11.8 Å². The van der Waals surface area contributed by atoms with E-state index in [1.54, 1.807) is 24.3 Å². The molecule has 0 fully saturated rings. The van der Waals surface area contributed by atoms with E-state index in [0.29, 0.717) is 21.9 Å². The first-order chi connectivity index (χ1) is 17.5. The van der Waals surface area contributed by atoms with Crippen LogP contribution in [0.5, 0.6) is 5.75 Å². The molecule has 9 heteroatoms. The molecule has 0 bridgehead atoms. The minimum Gasteiger partial charge on any atom is -0.497 e. The number of thioether (sulfide) groups is 1. The Morgan fingerprint density at radius 1 is 1.19 bits per heavy atom. The van der Waals surface area contributed by atoms with Crippen molar-refractivity contribution in [1.82, 2.24) is 4.98 Å². The van der Waals surface area contributed by atoms with Gasteiger partial charge in [0.05, 0.1) is 37.0 Å². The molecule has 1 aliphatic heterocycles. The van der Waals surface area contributed by atoms with Gasteiger partial charge in [0.25, 0.3) is 0 Å². The van der Waals surface area contributed by atoms with E-state index in [0.717, 1.165) is 43.4 Å². The Kier molecular flexibility index (Phi) is 7.82. The van der Waals surface area contributed by atoms with E-state index >= 15 is 0 Å². The molecule has 1 aromatic heterocycles. The number of nitriles is 2. The number of hydrogen-bond acceptors (Lipinski definition) is 9. The molecule has 1 aliphatic carbocycles. The monoisotopic (exact) mass is 502 g/mol. The predicted octanol–water partition coefficient (Wildman–Crippen LogP) is 4.26. The van der Waals surface area contributed by atoms with Crippen molar-refractivity contribution in [2.24, 2.45) is 5.73 Å². The summed E-state index contributed by atoms with van der Waals surface area (Å²) in [5.41, 5.74) is 9.71. The number of nitrogens with zero attached hydrogens (tertiary/aromatic N) is 3. The van der Waals surface area contributed by atoms with E-state index in [1.807, 2.05) is 6.07 Å². The summed E-state index contributed by atoms with van der Waals surface area (Å²) in [5.74, 6) is -0.500. The second-order valence-electron chi connectivity index (χ2n) is 8.44. The van der Waals surface area contributed by atoms with Gasteiger partial charge in [0.2, 0.25) is 5.88 Å². The molecule has 0 unspecified atom stereocenters. The molecular weight excluding hydrogens is 476 g/mol. The molecule has 1 atom stereocenters. The molecule has 4 rings (SSSR count). The van der Waals surface area contributed by atoms with E-state index in [9.17, 15) is 15.3 Å². The second kappa shape index (κ2) is 11.2. The van der Waals surface area contributed by atoms with Crippen LogP contribution in [0.1, 0.15) is 47.6 Å². The SMILES string of the molecule is COC(=O)C1=C(CSc2nc3c(cc2C#N)CCCCC3)OC(N)=C(C#N)[C@@H]1c1cccc(OC)c1. The van der Waals surface area contributed by atoms with Crippen LogP contribution in [0.15, 0.2) is 58.1 Å². The van der Waals surface area contributed by atoms with Gasteiger partial charge >= 0.3 is 5.97 Å². The van der Waals surface area contributed by atoms with Crippen molar-refractivity contribution < 1.29 is 19.0 Å². The lowest BCUT2D eigenvalue weighted by Crippen LogP contribution is -2.26. The lowest BCUT2D eigenvalue weighted by Gasteiger charge is -2.28. The highest BCUT2D eigenvalue weighted by atomic mass is 32.2. The Balaban J connectivity index is 1.75. The van der Waals surface area contributed by atoms with Gasteiger partial charge in [0.1, 0.15) is 34.2 Å². The number of nitrogens with two attached hydrogens (primary N) is 1. The number of rotatable bonds is 6. The fourth-order valence-corrected chi connectivity index (χ4v) is 5.45. The zero-order chi connectivity index (χ0) is 25.7. The molecule has 2 aliphatic rings. The van der Waals surface area contributed by atoms with Crippen molar-refractivity contribution in [3.8, 4) is 17.9 Å². The van der Waals surface area contributed by atoms with Crippen LogP contribution in [0.4, 0.5) is 0 Å². The zero-order valence-electron chi connectivity index (χ0n) is 20.2. The number of carbonyl (C=O) groups excluding carboxylic acids is 1. The maximum absolute atomic E-state index is 13.0. The van der Waals surface area contributed by atoms with Gasteiger partial charge < -0.3 is 19.9 Å². The van der Waals surface area contributed by atoms with Gasteiger partial charge in [0.15, 0.2) is 0 Å². The van der Waals surface area contributed by atoms with Crippen molar-refractivity contribution in [1.29, 1.82) is 10.5 Å². The second-order valence-corrected chi connectivity index (χ2v) is 9.40. The van der Waals surface area contributed by atoms with Crippen LogP contribution in [0.3, 0.4) is 0 Å². The summed E-state index contributed by atoms with van der Waals surface area (Å²) in [6, 6.07) is 13.3. The smallest absolute Gasteiger partial charge is 0.338 e. The lowest BCUT2D eigenvalue weighted by atomic mass is 9.83. The molecular formula is C27H26N4O4S. The van der Waals surface area contributed by atoms with Gasteiger partial charge in [0, 0.05) is 5.69 Å². The van der Waals surface area contributed by atoms with Crippen molar-refractivity contribution >= 4 is 17.7 Å². The molecule has 0 radical (unpaired) electrons. The van der Waals surface area contributed by atoms with Crippen LogP contribution in [-0.2, 0) is 27.1 Å². The van der Waals surface area contributed by atoms with Crippen molar-refractivity contribution in [3.05, 3.63) is 75.5 Å². The molecule has 8 nitrogen and oxygen atoms in total. The summed E-state index contributed by atoms with van der Waals surface area (Å²) >= 11 is 1.30. The zero-order valence-corrected chi connectivity index (χ0v) is 21.0. The summed E-state index contributed by atoms with van der Waals surface area (Å²) in [7, 11) is 2.82. The highest BCUT2D eigenvalue weighted by Crippen LogP contribution is 2.42. The number of benzene rings is 1. The lowest BCUT2D eigenvalue weighted by molar-refractivity contribution is -0.136. The fourth-order valence-electron chi connectivity index (χ4n) is 4.53. The number of esters is 1. The van der Waals surface area contributed by atoms with Crippen LogP contribution in [-0.4, -0.2) is 30.9 Å². The minimum absolute atomic E-state index is 0.0797. The summed E-state index contributed by atoms with van der Waals surface area (Å²) < 4.78 is 16.2. The normalized spacial score (nSPS) is 17.3. The maximum atomic E-state index is 13.0. The van der Waals surface area contributed by atoms with E-state index in [-0.39, 0.29) is 28.5 Å². The highest BCUT2D eigenvalue weighted by Gasteiger charge is 2.37. The van der Waals surface area contributed by atoms with Gasteiger partial charge in [-0.15, -0.1) is 0 Å². The number of aryl methyl sites for hydroxylation is 2. The third kappa shape index (κ3) is 5.02. The van der Waals surface area contributed by atoms with E-state index < -0.39 is 11.9 Å². The summed E-state index contributed by atoms with van der Waals surface area (Å²) in [6.07, 6.45) is 5.09.